The van der Waals surface area contributed by atoms with Gasteiger partial charge in [-0.2, -0.15) is 0 Å². The van der Waals surface area contributed by atoms with Crippen LogP contribution in [0.1, 0.15) is 6.92 Å². The lowest BCUT2D eigenvalue weighted by Gasteiger charge is -2.09. The van der Waals surface area contributed by atoms with Gasteiger partial charge in [-0.25, -0.2) is 8.42 Å². The molecule has 0 aliphatic heterocycles. The maximum Gasteiger partial charge on any atom is 0.233 e. The normalized spacial score (nSPS) is 14.2. The Balaban J connectivity index is 3.73. The van der Waals surface area contributed by atoms with Gasteiger partial charge in [-0.15, -0.1) is 11.6 Å². The van der Waals surface area contributed by atoms with E-state index in [9.17, 15) is 8.42 Å². The second kappa shape index (κ2) is 7.42. The Bertz CT molecular complexity index is 232. The van der Waals surface area contributed by atoms with E-state index < -0.39 is 10.0 Å². The van der Waals surface area contributed by atoms with E-state index in [1.54, 1.807) is 6.92 Å². The number of hydrogen-bond acceptors (Lipinski definition) is 4. The summed E-state index contributed by atoms with van der Waals surface area (Å²) in [7, 11) is -1.88. The third-order valence-electron chi connectivity index (χ3n) is 1.34. The van der Waals surface area contributed by atoms with Crippen molar-refractivity contribution in [3.8, 4) is 0 Å². The molecule has 86 valence electrons. The lowest BCUT2D eigenvalue weighted by Crippen LogP contribution is -2.30. The van der Waals surface area contributed by atoms with Gasteiger partial charge in [0.15, 0.2) is 0 Å². The lowest BCUT2D eigenvalue weighted by molar-refractivity contribution is 0.0437. The Morgan fingerprint density at radius 2 is 2.07 bits per heavy atom. The van der Waals surface area contributed by atoms with E-state index in [1.807, 2.05) is 4.89 Å². The molecule has 0 bridgehead atoms. The van der Waals surface area contributed by atoms with Crippen molar-refractivity contribution < 1.29 is 18.0 Å². The molecule has 0 saturated heterocycles. The molecule has 14 heavy (non-hydrogen) atoms. The van der Waals surface area contributed by atoms with Crippen molar-refractivity contribution in [1.29, 1.82) is 0 Å². The molecule has 7 heteroatoms. The summed E-state index contributed by atoms with van der Waals surface area (Å²) in [6.07, 6.45) is 0. The summed E-state index contributed by atoms with van der Waals surface area (Å²) < 4.78 is 27.1. The highest BCUT2D eigenvalue weighted by molar-refractivity contribution is 7.89. The summed E-state index contributed by atoms with van der Waals surface area (Å²) in [5.41, 5.74) is 0. The minimum Gasteiger partial charge on any atom is -0.382 e. The van der Waals surface area contributed by atoms with Gasteiger partial charge in [-0.3, -0.25) is 4.84 Å². The minimum absolute atomic E-state index is 0.0382. The van der Waals surface area contributed by atoms with Gasteiger partial charge in [0.1, 0.15) is 0 Å². The maximum absolute atomic E-state index is 11.2. The Kier molecular flexibility index (Phi) is 7.48. The highest BCUT2D eigenvalue weighted by atomic mass is 35.5. The van der Waals surface area contributed by atoms with Crippen LogP contribution in [0.2, 0.25) is 0 Å². The molecule has 0 aromatic rings. The molecular weight excluding hydrogens is 230 g/mol. The van der Waals surface area contributed by atoms with Gasteiger partial charge in [0.25, 0.3) is 0 Å². The van der Waals surface area contributed by atoms with Crippen molar-refractivity contribution in [3.63, 3.8) is 0 Å². The molecule has 0 heterocycles. The first-order chi connectivity index (χ1) is 6.52. The average molecular weight is 246 g/mol. The van der Waals surface area contributed by atoms with Gasteiger partial charge in [0, 0.05) is 13.0 Å². The Hall–Kier alpha value is 0.120. The molecule has 0 aromatic carbocycles. The highest BCUT2D eigenvalue weighted by Crippen LogP contribution is 2.01. The van der Waals surface area contributed by atoms with Crippen molar-refractivity contribution in [2.45, 2.75) is 6.92 Å². The van der Waals surface area contributed by atoms with E-state index in [0.717, 1.165) is 0 Å². The van der Waals surface area contributed by atoms with E-state index in [0.29, 0.717) is 12.5 Å². The molecule has 0 aliphatic rings. The molecule has 0 amide bonds. The number of halogens is 1. The largest absolute Gasteiger partial charge is 0.382 e. The smallest absolute Gasteiger partial charge is 0.233 e. The van der Waals surface area contributed by atoms with E-state index in [-0.39, 0.29) is 18.3 Å². The van der Waals surface area contributed by atoms with Crippen molar-refractivity contribution >= 4 is 21.6 Å². The second-order valence-corrected chi connectivity index (χ2v) is 5.00. The predicted molar refractivity (Wildman–Crippen MR) is 54.6 cm³/mol. The van der Waals surface area contributed by atoms with Crippen LogP contribution < -0.4 is 4.89 Å². The molecule has 0 aliphatic carbocycles. The summed E-state index contributed by atoms with van der Waals surface area (Å²) in [6.45, 7) is 2.28. The molecule has 0 fully saturated rings. The first-order valence-electron chi connectivity index (χ1n) is 4.18. The molecule has 5 nitrogen and oxygen atoms in total. The highest BCUT2D eigenvalue weighted by Gasteiger charge is 2.14. The zero-order valence-electron chi connectivity index (χ0n) is 8.32. The van der Waals surface area contributed by atoms with Crippen LogP contribution in [0, 0.1) is 5.92 Å². The molecular formula is C7H16ClNO4S. The topological polar surface area (TPSA) is 64.6 Å². The Labute approximate surface area is 89.7 Å². The van der Waals surface area contributed by atoms with Crippen LogP contribution in [0.15, 0.2) is 0 Å². The first-order valence-corrected chi connectivity index (χ1v) is 6.36. The maximum atomic E-state index is 11.2. The van der Waals surface area contributed by atoms with Gasteiger partial charge >= 0.3 is 0 Å². The third-order valence-corrected chi connectivity index (χ3v) is 3.25. The summed E-state index contributed by atoms with van der Waals surface area (Å²) in [5, 5.41) is 0. The van der Waals surface area contributed by atoms with Crippen molar-refractivity contribution in [2.24, 2.45) is 5.92 Å². The monoisotopic (exact) mass is 245 g/mol. The average Bonchev–Trinajstić information content (AvgIpc) is 2.12. The SMILES string of the molecule is COCCONS(=O)(=O)CC(C)CCl. The summed E-state index contributed by atoms with van der Waals surface area (Å²) in [6, 6.07) is 0. The minimum atomic E-state index is -3.39. The summed E-state index contributed by atoms with van der Waals surface area (Å²) in [5.74, 6) is 0.169. The van der Waals surface area contributed by atoms with Crippen LogP contribution in [-0.4, -0.2) is 40.4 Å². The Morgan fingerprint density at radius 3 is 2.57 bits per heavy atom. The zero-order valence-corrected chi connectivity index (χ0v) is 9.90. The first kappa shape index (κ1) is 14.1. The molecule has 0 spiro atoms. The predicted octanol–water partition coefficient (Wildman–Crippen LogP) is 0.359. The van der Waals surface area contributed by atoms with Crippen LogP contribution in [0.4, 0.5) is 0 Å². The number of rotatable bonds is 8. The van der Waals surface area contributed by atoms with E-state index in [4.69, 9.17) is 11.6 Å². The fourth-order valence-electron chi connectivity index (χ4n) is 0.710. The fourth-order valence-corrected chi connectivity index (χ4v) is 2.15. The molecule has 1 atom stereocenters. The van der Waals surface area contributed by atoms with Gasteiger partial charge in [-0.05, 0) is 5.92 Å². The van der Waals surface area contributed by atoms with Crippen LogP contribution in [0.5, 0.6) is 0 Å². The molecule has 0 radical (unpaired) electrons. The van der Waals surface area contributed by atoms with Gasteiger partial charge < -0.3 is 4.74 Å². The number of methoxy groups -OCH3 is 1. The number of ether oxygens (including phenoxy) is 1. The van der Waals surface area contributed by atoms with Crippen molar-refractivity contribution in [2.75, 3.05) is 32.0 Å². The number of alkyl halides is 1. The molecule has 1 unspecified atom stereocenters. The molecule has 0 rings (SSSR count). The standard InChI is InChI=1S/C7H16ClNO4S/c1-7(5-8)6-14(10,11)9-13-4-3-12-2/h7,9H,3-6H2,1-2H3. The van der Waals surface area contributed by atoms with Crippen LogP contribution in [-0.2, 0) is 19.6 Å². The fraction of sp³-hybridized carbons (Fsp3) is 1.00. The molecule has 0 aromatic heterocycles. The van der Waals surface area contributed by atoms with Crippen molar-refractivity contribution in [1.82, 2.24) is 4.89 Å². The summed E-state index contributed by atoms with van der Waals surface area (Å²) in [4.78, 5) is 6.67. The number of nitrogens with one attached hydrogen (secondary N) is 1. The van der Waals surface area contributed by atoms with E-state index in [1.165, 1.54) is 7.11 Å². The van der Waals surface area contributed by atoms with Crippen LogP contribution in [0.25, 0.3) is 0 Å². The van der Waals surface area contributed by atoms with Crippen molar-refractivity contribution in [3.05, 3.63) is 0 Å². The van der Waals surface area contributed by atoms with Gasteiger partial charge in [-0.1, -0.05) is 11.8 Å². The summed E-state index contributed by atoms with van der Waals surface area (Å²) >= 11 is 5.49. The number of hydrogen-bond donors (Lipinski definition) is 1. The van der Waals surface area contributed by atoms with Crippen LogP contribution >= 0.6 is 11.6 Å². The quantitative estimate of drug-likeness (QED) is 0.381. The zero-order chi connectivity index (χ0) is 11.0. The Morgan fingerprint density at radius 1 is 1.43 bits per heavy atom. The number of sulfonamides is 1. The van der Waals surface area contributed by atoms with Crippen LogP contribution in [0.3, 0.4) is 0 Å². The van der Waals surface area contributed by atoms with Gasteiger partial charge in [0.2, 0.25) is 10.0 Å². The lowest BCUT2D eigenvalue weighted by atomic mass is 10.3. The third kappa shape index (κ3) is 7.52. The van der Waals surface area contributed by atoms with Gasteiger partial charge in [0.05, 0.1) is 19.0 Å². The van der Waals surface area contributed by atoms with E-state index >= 15 is 0 Å². The van der Waals surface area contributed by atoms with E-state index in [2.05, 4.69) is 9.57 Å². The second-order valence-electron chi connectivity index (χ2n) is 2.97. The molecule has 0 saturated carbocycles. The molecule has 1 N–H and O–H groups in total.